The fraction of sp³-hybridized carbons (Fsp3) is 0.444. The van der Waals surface area contributed by atoms with E-state index in [0.717, 1.165) is 136 Å². The lowest BCUT2D eigenvalue weighted by atomic mass is 9.79. The van der Waals surface area contributed by atoms with Gasteiger partial charge in [-0.25, -0.2) is 0 Å². The monoisotopic (exact) mass is 863 g/mol. The highest BCUT2D eigenvalue weighted by molar-refractivity contribution is 5.97. The van der Waals surface area contributed by atoms with E-state index in [0.29, 0.717) is 31.8 Å². The number of benzene rings is 1. The fourth-order valence-electron chi connectivity index (χ4n) is 9.14. The summed E-state index contributed by atoms with van der Waals surface area (Å²) >= 11 is 0. The second-order valence-electron chi connectivity index (χ2n) is 18.4. The third-order valence-corrected chi connectivity index (χ3v) is 12.4. The van der Waals surface area contributed by atoms with Crippen LogP contribution in [0, 0.1) is 5.92 Å². The summed E-state index contributed by atoms with van der Waals surface area (Å²) in [7, 11) is 0. The number of hydrogen-bond acceptors (Lipinski definition) is 10. The summed E-state index contributed by atoms with van der Waals surface area (Å²) in [6, 6.07) is 25.1. The molecule has 64 heavy (non-hydrogen) atoms. The smallest absolute Gasteiger partial charge is 0.129 e. The fourth-order valence-corrected chi connectivity index (χ4v) is 9.14. The summed E-state index contributed by atoms with van der Waals surface area (Å²) in [5, 5.41) is 0. The van der Waals surface area contributed by atoms with E-state index < -0.39 is 0 Å². The van der Waals surface area contributed by atoms with E-state index in [4.69, 9.17) is 23.9 Å². The average molecular weight is 863 g/mol. The Labute approximate surface area is 380 Å². The Hall–Kier alpha value is -5.58. The van der Waals surface area contributed by atoms with Gasteiger partial charge in [-0.15, -0.1) is 0 Å². The normalized spacial score (nSPS) is 20.1. The Morgan fingerprint density at radius 1 is 0.719 bits per heavy atom. The number of allylic oxidation sites excluding steroid dienone is 3. The number of fused-ring (bicyclic) bond motifs is 1. The van der Waals surface area contributed by atoms with E-state index in [2.05, 4.69) is 131 Å². The van der Waals surface area contributed by atoms with E-state index in [1.54, 1.807) is 0 Å². The van der Waals surface area contributed by atoms with Crippen LogP contribution in [0.4, 0.5) is 0 Å². The van der Waals surface area contributed by atoms with Crippen LogP contribution in [0.5, 0.6) is 11.5 Å². The van der Waals surface area contributed by atoms with E-state index in [1.165, 1.54) is 11.1 Å². The number of hydrogen-bond donors (Lipinski definition) is 0. The van der Waals surface area contributed by atoms with Crippen LogP contribution < -0.4 is 9.47 Å². The minimum Gasteiger partial charge on any atom is -0.493 e. The molecule has 3 aliphatic heterocycles. The molecule has 0 amide bonds. The number of pyridine rings is 3. The Bertz CT molecular complexity index is 2250. The zero-order chi connectivity index (χ0) is 44.1. The highest BCUT2D eigenvalue weighted by atomic mass is 16.5. The first-order chi connectivity index (χ1) is 31.2. The molecule has 10 heteroatoms. The molecule has 6 heterocycles. The quantitative estimate of drug-likeness (QED) is 0.0759. The van der Waals surface area contributed by atoms with E-state index >= 15 is 0 Å². The lowest BCUT2D eigenvalue weighted by molar-refractivity contribution is 0.0471. The van der Waals surface area contributed by atoms with Gasteiger partial charge in [0.2, 0.25) is 0 Å². The third kappa shape index (κ3) is 12.6. The van der Waals surface area contributed by atoms with Gasteiger partial charge in [-0.1, -0.05) is 37.3 Å². The standard InChI is InChI=1S/C54H66N6O4/c1-40-32-42-33-43(39-63-53(42)50-23-24-54(3,4)64-52(40)50)49-22-21-48(61-30-13-11-29-60(37-46-19-7-10-27-57-46)38-47-20-15-16-41(2)58-47)34-51(49)62-31-14-12-28-59(35-44-17-5-8-25-55-44)36-45-18-6-9-26-56-45/h5-10,15,17-27,34,40-41,43H,11-14,16,28-33,35-39H2,1-4H3. The molecular weight excluding hydrogens is 797 g/mol. The van der Waals surface area contributed by atoms with Crippen molar-refractivity contribution in [3.05, 3.63) is 161 Å². The van der Waals surface area contributed by atoms with Crippen molar-refractivity contribution in [1.82, 2.24) is 24.8 Å². The van der Waals surface area contributed by atoms with Crippen molar-refractivity contribution in [2.45, 2.75) is 110 Å². The van der Waals surface area contributed by atoms with Crippen molar-refractivity contribution < 1.29 is 18.9 Å². The Morgan fingerprint density at radius 2 is 1.36 bits per heavy atom. The number of unbranched alkanes of at least 4 members (excludes halogenated alkanes) is 2. The van der Waals surface area contributed by atoms with Crippen LogP contribution in [0.25, 0.3) is 0 Å². The molecule has 0 radical (unpaired) electrons. The molecule has 0 fully saturated rings. The number of nitrogens with zero attached hydrogens (tertiary/aromatic N) is 6. The van der Waals surface area contributed by atoms with Gasteiger partial charge in [0, 0.05) is 73.9 Å². The van der Waals surface area contributed by atoms with Gasteiger partial charge in [0.05, 0.1) is 48.5 Å². The first-order valence-corrected chi connectivity index (χ1v) is 23.5. The topological polar surface area (TPSA) is 94.4 Å². The van der Waals surface area contributed by atoms with E-state index in [1.807, 2.05) is 36.8 Å². The summed E-state index contributed by atoms with van der Waals surface area (Å²) < 4.78 is 26.3. The van der Waals surface area contributed by atoms with Crippen molar-refractivity contribution in [2.24, 2.45) is 10.9 Å². The molecule has 3 unspecified atom stereocenters. The molecule has 3 atom stereocenters. The van der Waals surface area contributed by atoms with Crippen molar-refractivity contribution in [3.8, 4) is 11.5 Å². The highest BCUT2D eigenvalue weighted by Gasteiger charge is 2.37. The SMILES string of the molecule is CC1CC=CC(CN(CCCCOc2ccc(C3COC4=C(CC(C)C5=C4C=CC(C)(C)O5)C3)c(OCCCCN(Cc3ccccn3)Cc3ccccn3)c2)Cc2ccccn2)=N1. The summed E-state index contributed by atoms with van der Waals surface area (Å²) in [4.78, 5) is 23.6. The van der Waals surface area contributed by atoms with Crippen LogP contribution in [0.15, 0.2) is 143 Å². The molecule has 0 saturated carbocycles. The van der Waals surface area contributed by atoms with Gasteiger partial charge in [-0.05, 0) is 145 Å². The van der Waals surface area contributed by atoms with Crippen molar-refractivity contribution in [3.63, 3.8) is 0 Å². The predicted molar refractivity (Wildman–Crippen MR) is 254 cm³/mol. The predicted octanol–water partition coefficient (Wildman–Crippen LogP) is 10.6. The number of aromatic nitrogens is 3. The minimum absolute atomic E-state index is 0.172. The van der Waals surface area contributed by atoms with Gasteiger partial charge in [-0.3, -0.25) is 29.7 Å². The molecule has 1 aliphatic carbocycles. The zero-order valence-corrected chi connectivity index (χ0v) is 38.3. The van der Waals surface area contributed by atoms with Crippen LogP contribution in [-0.4, -0.2) is 81.6 Å². The molecule has 0 spiro atoms. The molecule has 0 saturated heterocycles. The van der Waals surface area contributed by atoms with Gasteiger partial charge >= 0.3 is 0 Å². The van der Waals surface area contributed by atoms with Crippen molar-refractivity contribution in [2.75, 3.05) is 39.5 Å². The lowest BCUT2D eigenvalue weighted by Gasteiger charge is -2.39. The third-order valence-electron chi connectivity index (χ3n) is 12.4. The van der Waals surface area contributed by atoms with Gasteiger partial charge in [0.1, 0.15) is 28.6 Å². The largest absolute Gasteiger partial charge is 0.493 e. The van der Waals surface area contributed by atoms with Crippen molar-refractivity contribution in [1.29, 1.82) is 0 Å². The molecule has 4 aromatic rings. The second-order valence-corrected chi connectivity index (χ2v) is 18.4. The Kier molecular flexibility index (Phi) is 15.4. The molecule has 0 N–H and O–H groups in total. The van der Waals surface area contributed by atoms with Crippen LogP contribution in [-0.2, 0) is 29.1 Å². The van der Waals surface area contributed by atoms with Crippen LogP contribution in [0.1, 0.15) is 101 Å². The number of rotatable bonds is 21. The first kappa shape index (κ1) is 45.0. The van der Waals surface area contributed by atoms with Gasteiger partial charge < -0.3 is 18.9 Å². The highest BCUT2D eigenvalue weighted by Crippen LogP contribution is 2.47. The summed E-state index contributed by atoms with van der Waals surface area (Å²) in [6.07, 6.45) is 21.1. The van der Waals surface area contributed by atoms with Crippen LogP contribution in [0.2, 0.25) is 0 Å². The summed E-state index contributed by atoms with van der Waals surface area (Å²) in [5.41, 5.74) is 7.67. The minimum atomic E-state index is -0.309. The maximum Gasteiger partial charge on any atom is 0.129 e. The van der Waals surface area contributed by atoms with Crippen LogP contribution >= 0.6 is 0 Å². The Balaban J connectivity index is 0.915. The first-order valence-electron chi connectivity index (χ1n) is 23.5. The molecule has 1 aromatic carbocycles. The molecule has 4 aliphatic rings. The summed E-state index contributed by atoms with van der Waals surface area (Å²) in [6.45, 7) is 15.5. The molecule has 0 bridgehead atoms. The molecule has 8 rings (SSSR count). The number of ether oxygens (including phenoxy) is 4. The van der Waals surface area contributed by atoms with Crippen LogP contribution in [0.3, 0.4) is 0 Å². The molecular formula is C54H66N6O4. The molecule has 3 aromatic heterocycles. The number of dihydropyridines is 1. The average Bonchev–Trinajstić information content (AvgIpc) is 3.29. The van der Waals surface area contributed by atoms with E-state index in [9.17, 15) is 0 Å². The van der Waals surface area contributed by atoms with Gasteiger partial charge in [0.15, 0.2) is 0 Å². The Morgan fingerprint density at radius 3 is 1.98 bits per heavy atom. The van der Waals surface area contributed by atoms with E-state index in [-0.39, 0.29) is 11.5 Å². The van der Waals surface area contributed by atoms with Gasteiger partial charge in [0.25, 0.3) is 0 Å². The number of aliphatic imine (C=N–C) groups is 1. The zero-order valence-electron chi connectivity index (χ0n) is 38.3. The van der Waals surface area contributed by atoms with Gasteiger partial charge in [-0.2, -0.15) is 0 Å². The molecule has 10 nitrogen and oxygen atoms in total. The maximum atomic E-state index is 6.75. The van der Waals surface area contributed by atoms with Crippen molar-refractivity contribution >= 4 is 5.71 Å². The maximum absolute atomic E-state index is 6.75. The molecule has 336 valence electrons. The summed E-state index contributed by atoms with van der Waals surface area (Å²) in [5.74, 6) is 4.26. The second kappa shape index (κ2) is 21.9. The lowest BCUT2D eigenvalue weighted by Crippen LogP contribution is -2.31.